The number of anilines is 1. The minimum Gasteiger partial charge on any atom is -0.372 e. The highest BCUT2D eigenvalue weighted by Crippen LogP contribution is 2.36. The molecule has 7 nitrogen and oxygen atoms in total. The van der Waals surface area contributed by atoms with E-state index in [1.54, 1.807) is 24.9 Å². The molecule has 0 aliphatic carbocycles. The molecule has 2 aliphatic rings. The Morgan fingerprint density at radius 2 is 1.93 bits per heavy atom. The lowest BCUT2D eigenvalue weighted by atomic mass is 10.0. The fourth-order valence-electron chi connectivity index (χ4n) is 3.99. The van der Waals surface area contributed by atoms with Crippen LogP contribution in [-0.4, -0.2) is 51.5 Å². The number of aromatic nitrogens is 1. The van der Waals surface area contributed by atoms with Crippen molar-refractivity contribution in [2.45, 2.75) is 46.3 Å². The van der Waals surface area contributed by atoms with Crippen LogP contribution in [0.15, 0.2) is 9.70 Å². The number of carbonyl (C=O) groups excluding carboxylic acids is 1. The van der Waals surface area contributed by atoms with Gasteiger partial charge in [0.1, 0.15) is 21.8 Å². The van der Waals surface area contributed by atoms with Gasteiger partial charge < -0.3 is 9.64 Å². The van der Waals surface area contributed by atoms with Crippen molar-refractivity contribution in [3.8, 4) is 6.07 Å². The molecule has 3 heterocycles. The number of amides is 1. The third-order valence-electron chi connectivity index (χ3n) is 5.28. The summed E-state index contributed by atoms with van der Waals surface area (Å²) in [6.45, 7) is 9.54. The van der Waals surface area contributed by atoms with Crippen molar-refractivity contribution >= 4 is 46.1 Å². The number of thioether (sulfide) groups is 1. The molecule has 3 rings (SSSR count). The summed E-state index contributed by atoms with van der Waals surface area (Å²) in [6, 6.07) is 2.03. The number of nitriles is 1. The smallest absolute Gasteiger partial charge is 0.270 e. The van der Waals surface area contributed by atoms with Gasteiger partial charge in [-0.15, -0.1) is 0 Å². The third-order valence-corrected chi connectivity index (χ3v) is 6.66. The fraction of sp³-hybridized carbons (Fsp3) is 0.524. The molecule has 1 aromatic heterocycles. The number of thiocarbonyl (C=S) groups is 1. The molecule has 2 aliphatic heterocycles. The first-order valence-corrected chi connectivity index (χ1v) is 11.2. The van der Waals surface area contributed by atoms with Crippen molar-refractivity contribution < 1.29 is 9.53 Å². The summed E-state index contributed by atoms with van der Waals surface area (Å²) in [5, 5.41) is 9.58. The van der Waals surface area contributed by atoms with E-state index in [9.17, 15) is 14.9 Å². The number of hydrogen-bond acceptors (Lipinski definition) is 7. The molecule has 0 saturated carbocycles. The summed E-state index contributed by atoms with van der Waals surface area (Å²) in [5.74, 6) is 0.563. The maximum Gasteiger partial charge on any atom is 0.270 e. The molecule has 2 saturated heterocycles. The second kappa shape index (κ2) is 8.92. The molecule has 30 heavy (non-hydrogen) atoms. The molecule has 1 aromatic rings. The van der Waals surface area contributed by atoms with Crippen LogP contribution in [0.4, 0.5) is 5.82 Å². The van der Waals surface area contributed by atoms with Crippen molar-refractivity contribution in [1.29, 1.82) is 5.26 Å². The molecule has 2 unspecified atom stereocenters. The van der Waals surface area contributed by atoms with Crippen molar-refractivity contribution in [3.63, 3.8) is 0 Å². The average Bonchev–Trinajstić information content (AvgIpc) is 2.93. The molecule has 0 aromatic carbocycles. The van der Waals surface area contributed by atoms with E-state index in [0.717, 1.165) is 6.42 Å². The Morgan fingerprint density at radius 3 is 2.50 bits per heavy atom. The lowest BCUT2D eigenvalue weighted by Gasteiger charge is -2.38. The Morgan fingerprint density at radius 1 is 1.30 bits per heavy atom. The minimum absolute atomic E-state index is 0.00424. The highest BCUT2D eigenvalue weighted by Gasteiger charge is 2.33. The number of pyridine rings is 1. The van der Waals surface area contributed by atoms with E-state index < -0.39 is 0 Å². The van der Waals surface area contributed by atoms with E-state index in [4.69, 9.17) is 17.0 Å². The fourth-order valence-corrected chi connectivity index (χ4v) is 5.28. The van der Waals surface area contributed by atoms with Crippen LogP contribution in [0.5, 0.6) is 0 Å². The van der Waals surface area contributed by atoms with Gasteiger partial charge in [0.2, 0.25) is 0 Å². The Balaban J connectivity index is 2.20. The van der Waals surface area contributed by atoms with Crippen LogP contribution in [-0.2, 0) is 16.6 Å². The lowest BCUT2D eigenvalue weighted by Crippen LogP contribution is -2.47. The molecular formula is C21H26N4O3S2. The van der Waals surface area contributed by atoms with Gasteiger partial charge in [0.15, 0.2) is 0 Å². The van der Waals surface area contributed by atoms with Crippen LogP contribution in [0.3, 0.4) is 0 Å². The zero-order valence-electron chi connectivity index (χ0n) is 17.9. The first-order chi connectivity index (χ1) is 14.2. The molecule has 0 bridgehead atoms. The van der Waals surface area contributed by atoms with E-state index >= 15 is 0 Å². The highest BCUT2D eigenvalue weighted by atomic mass is 32.2. The van der Waals surface area contributed by atoms with Crippen LogP contribution in [0.25, 0.3) is 6.08 Å². The summed E-state index contributed by atoms with van der Waals surface area (Å²) < 4.78 is 7.89. The van der Waals surface area contributed by atoms with Crippen molar-refractivity contribution in [2.24, 2.45) is 7.05 Å². The van der Waals surface area contributed by atoms with E-state index in [-0.39, 0.29) is 29.2 Å². The number of nitrogens with zero attached hydrogens (tertiary/aromatic N) is 4. The molecule has 2 atom stereocenters. The topological polar surface area (TPSA) is 78.6 Å². The third kappa shape index (κ3) is 4.04. The molecule has 1 amide bonds. The van der Waals surface area contributed by atoms with E-state index in [2.05, 4.69) is 4.90 Å². The molecular weight excluding hydrogens is 420 g/mol. The second-order valence-electron chi connectivity index (χ2n) is 7.71. The number of carbonyl (C=O) groups is 1. The summed E-state index contributed by atoms with van der Waals surface area (Å²) in [6.07, 6.45) is 2.59. The van der Waals surface area contributed by atoms with E-state index in [0.29, 0.717) is 45.8 Å². The molecule has 0 radical (unpaired) electrons. The van der Waals surface area contributed by atoms with Gasteiger partial charge in [-0.25, -0.2) is 0 Å². The Kier molecular flexibility index (Phi) is 6.70. The first-order valence-electron chi connectivity index (χ1n) is 9.99. The summed E-state index contributed by atoms with van der Waals surface area (Å²) >= 11 is 6.65. The molecule has 0 N–H and O–H groups in total. The SMILES string of the molecule is CCCN1C(=O)/C(=C/c2c(C)c(C#N)c(=O)n(C)c2N2CC(C)OC(C)C2)SC1=S. The highest BCUT2D eigenvalue weighted by molar-refractivity contribution is 8.26. The van der Waals surface area contributed by atoms with Crippen molar-refractivity contribution in [1.82, 2.24) is 9.47 Å². The first kappa shape index (κ1) is 22.5. The van der Waals surface area contributed by atoms with Crippen LogP contribution < -0.4 is 10.5 Å². The van der Waals surface area contributed by atoms with Crippen LogP contribution >= 0.6 is 24.0 Å². The molecule has 160 valence electrons. The zero-order chi connectivity index (χ0) is 22.2. The standard InChI is InChI=1S/C21H26N4O3S2/c1-6-7-25-20(27)17(30-21(25)29)8-15-14(4)16(9-22)19(26)23(5)18(15)24-10-12(2)28-13(3)11-24/h8,12-13H,6-7,10-11H2,1-5H3/b17-8-. The van der Waals surface area contributed by atoms with E-state index in [1.807, 2.05) is 26.8 Å². The quantitative estimate of drug-likeness (QED) is 0.520. The van der Waals surface area contributed by atoms with Gasteiger partial charge in [0, 0.05) is 32.2 Å². The number of rotatable bonds is 4. The van der Waals surface area contributed by atoms with Crippen molar-refractivity contribution in [2.75, 3.05) is 24.5 Å². The molecule has 9 heteroatoms. The van der Waals surface area contributed by atoms with Crippen LogP contribution in [0.2, 0.25) is 0 Å². The Hall–Kier alpha value is -2.15. The van der Waals surface area contributed by atoms with Crippen molar-refractivity contribution in [3.05, 3.63) is 31.9 Å². The van der Waals surface area contributed by atoms with Gasteiger partial charge in [-0.2, -0.15) is 5.26 Å². The summed E-state index contributed by atoms with van der Waals surface area (Å²) in [5.41, 5.74) is 1.02. The van der Waals surface area contributed by atoms with Gasteiger partial charge in [-0.3, -0.25) is 19.1 Å². The van der Waals surface area contributed by atoms with Gasteiger partial charge >= 0.3 is 0 Å². The maximum atomic E-state index is 12.9. The monoisotopic (exact) mass is 446 g/mol. The lowest BCUT2D eigenvalue weighted by molar-refractivity contribution is -0.122. The normalized spacial score (nSPS) is 23.4. The Labute approximate surface area is 186 Å². The van der Waals surface area contributed by atoms with E-state index in [1.165, 1.54) is 16.3 Å². The van der Waals surface area contributed by atoms with Gasteiger partial charge in [-0.05, 0) is 38.8 Å². The molecule has 0 spiro atoms. The molecule has 2 fully saturated rings. The number of ether oxygens (including phenoxy) is 1. The van der Waals surface area contributed by atoms with Crippen LogP contribution in [0.1, 0.15) is 43.9 Å². The number of hydrogen-bond donors (Lipinski definition) is 0. The van der Waals surface area contributed by atoms with Gasteiger partial charge in [-0.1, -0.05) is 30.9 Å². The summed E-state index contributed by atoms with van der Waals surface area (Å²) in [4.78, 5) is 30.0. The largest absolute Gasteiger partial charge is 0.372 e. The second-order valence-corrected chi connectivity index (χ2v) is 9.38. The average molecular weight is 447 g/mol. The number of morpholine rings is 1. The van der Waals surface area contributed by atoms with Gasteiger partial charge in [0.25, 0.3) is 11.5 Å². The predicted molar refractivity (Wildman–Crippen MR) is 124 cm³/mol. The predicted octanol–water partition coefficient (Wildman–Crippen LogP) is 2.79. The van der Waals surface area contributed by atoms with Gasteiger partial charge in [0.05, 0.1) is 17.1 Å². The summed E-state index contributed by atoms with van der Waals surface area (Å²) in [7, 11) is 1.67. The zero-order valence-corrected chi connectivity index (χ0v) is 19.5. The van der Waals surface area contributed by atoms with Crippen LogP contribution in [0, 0.1) is 18.3 Å². The maximum absolute atomic E-state index is 12.9. The Bertz CT molecular complexity index is 1010. The minimum atomic E-state index is -0.340.